The van der Waals surface area contributed by atoms with E-state index in [9.17, 15) is 46.9 Å². The van der Waals surface area contributed by atoms with Crippen LogP contribution in [0, 0.1) is 27.1 Å². The zero-order chi connectivity index (χ0) is 56.4. The van der Waals surface area contributed by atoms with Gasteiger partial charge in [0.2, 0.25) is 0 Å². The molecule has 15 rings (SSSR count). The molecule has 0 aliphatic heterocycles. The molecule has 0 saturated heterocycles. The summed E-state index contributed by atoms with van der Waals surface area (Å²) in [5, 5.41) is 29.9. The zero-order valence-electron chi connectivity index (χ0n) is 48.1. The Balaban J connectivity index is 0.000000205. The van der Waals surface area contributed by atoms with Gasteiger partial charge in [-0.15, -0.1) is 35.6 Å². The van der Waals surface area contributed by atoms with Gasteiger partial charge in [-0.25, -0.2) is 22.0 Å². The first-order valence-electron chi connectivity index (χ1n) is 29.5. The standard InChI is InChI=1S/C13H22F2O2.C13H22O3.C11H18F2O.C11H17FO.C11H18O2.CH2Cl2.ClH/c1-3-4-11-5-7-12(8-6-11,17-10-16-2)9-13(11,14)15;1-3-4-12-5-7-13(8-6-12,9-11(12)14)16-10-15-2;1-2-3-9-4-6-10(14,7-5-9)8-11(9,12)13;2*1-2-3-10-4-6-11(13,7-5-10)8-9(10)12;2-1-3;/h3-10H2,1-2H3;3-10H2,1-2H3;14H,2-8H2,1H3;8,13H,2-7H2,1H3;13H,2-8H2,1H3;1H2;1H. The van der Waals surface area contributed by atoms with Crippen molar-refractivity contribution in [2.45, 2.75) is 293 Å². The summed E-state index contributed by atoms with van der Waals surface area (Å²) in [5.41, 5.74) is -5.06. The monoisotopic (exact) mass is 1160 g/mol. The molecule has 0 heterocycles. The van der Waals surface area contributed by atoms with Crippen molar-refractivity contribution in [3.63, 3.8) is 0 Å². The van der Waals surface area contributed by atoms with Crippen molar-refractivity contribution >= 4 is 47.2 Å². The first kappa shape index (κ1) is 68.8. The van der Waals surface area contributed by atoms with Gasteiger partial charge in [0.15, 0.2) is 0 Å². The van der Waals surface area contributed by atoms with Gasteiger partial charge in [-0.3, -0.25) is 9.59 Å². The van der Waals surface area contributed by atoms with Crippen LogP contribution in [0.5, 0.6) is 0 Å². The molecule has 0 amide bonds. The number of carbonyl (C=O) groups excluding carboxylic acids is 2. The van der Waals surface area contributed by atoms with Crippen LogP contribution in [-0.4, -0.2) is 99.9 Å². The number of ketones is 2. The Morgan fingerprint density at radius 3 is 1.21 bits per heavy atom. The van der Waals surface area contributed by atoms with Crippen LogP contribution in [0.25, 0.3) is 0 Å². The number of ether oxygens (including phenoxy) is 4. The summed E-state index contributed by atoms with van der Waals surface area (Å²) in [4.78, 5) is 24.0. The van der Waals surface area contributed by atoms with E-state index in [-0.39, 0.29) is 65.1 Å². The van der Waals surface area contributed by atoms with Crippen LogP contribution in [0.1, 0.15) is 253 Å². The molecule has 10 bridgehead atoms. The normalized spacial score (nSPS) is 39.9. The van der Waals surface area contributed by atoms with Crippen LogP contribution in [0.2, 0.25) is 0 Å². The number of Topliss-reactive ketones (excluding diaryl/α,β-unsaturated/α-hetero) is 2. The van der Waals surface area contributed by atoms with Crippen molar-refractivity contribution < 1.29 is 65.8 Å². The highest BCUT2D eigenvalue weighted by Crippen LogP contribution is 2.64. The Labute approximate surface area is 475 Å². The van der Waals surface area contributed by atoms with Gasteiger partial charge in [-0.05, 0) is 167 Å². The third-order valence-corrected chi connectivity index (χ3v) is 20.9. The highest BCUT2D eigenvalue weighted by atomic mass is 35.5. The number of rotatable bonds is 16. The topological polar surface area (TPSA) is 132 Å². The lowest BCUT2D eigenvalue weighted by Crippen LogP contribution is -2.59. The second kappa shape index (κ2) is 27.8. The number of hydrogen-bond acceptors (Lipinski definition) is 9. The van der Waals surface area contributed by atoms with Crippen molar-refractivity contribution in [1.29, 1.82) is 0 Å². The number of methoxy groups -OCH3 is 2. The predicted molar refractivity (Wildman–Crippen MR) is 297 cm³/mol. The molecule has 3 N–H and O–H groups in total. The summed E-state index contributed by atoms with van der Waals surface area (Å²) in [7, 11) is 3.16. The molecule has 0 aromatic heterocycles. The van der Waals surface area contributed by atoms with E-state index in [1.165, 1.54) is 13.2 Å². The molecular formula is C60H100Cl3F5O9. The van der Waals surface area contributed by atoms with E-state index in [1.54, 1.807) is 7.11 Å². The van der Waals surface area contributed by atoms with Gasteiger partial charge in [0, 0.05) is 67.0 Å². The Kier molecular flexibility index (Phi) is 24.9. The van der Waals surface area contributed by atoms with Crippen LogP contribution >= 0.6 is 35.6 Å². The Morgan fingerprint density at radius 1 is 0.481 bits per heavy atom. The molecule has 17 heteroatoms. The number of fused-ring (bicyclic) bond motifs is 14. The number of allylic oxidation sites excluding steroid dienone is 1. The lowest BCUT2D eigenvalue weighted by atomic mass is 9.55. The van der Waals surface area contributed by atoms with E-state index in [0.717, 1.165) is 141 Å². The van der Waals surface area contributed by atoms with Crippen LogP contribution in [-0.2, 0) is 28.5 Å². The highest BCUT2D eigenvalue weighted by Gasteiger charge is 2.66. The fourth-order valence-corrected chi connectivity index (χ4v) is 16.0. The summed E-state index contributed by atoms with van der Waals surface area (Å²) < 4.78 is 91.1. The Bertz CT molecular complexity index is 1880. The van der Waals surface area contributed by atoms with E-state index in [0.29, 0.717) is 82.6 Å². The van der Waals surface area contributed by atoms with Gasteiger partial charge >= 0.3 is 0 Å². The number of hydrogen-bond donors (Lipinski definition) is 3. The summed E-state index contributed by atoms with van der Waals surface area (Å²) in [6.45, 7) is 10.8. The van der Waals surface area contributed by atoms with Crippen molar-refractivity contribution in [3.05, 3.63) is 11.9 Å². The lowest BCUT2D eigenvalue weighted by Gasteiger charge is -2.57. The molecular weight excluding hydrogens is 1070 g/mol. The Morgan fingerprint density at radius 2 is 0.831 bits per heavy atom. The SMILES string of the molecule is CCCC12CCC(O)(C=C1F)CC2.CCCC12CCC(O)(CC1)CC2(F)F.CCCC12CCC(O)(CC1)CC2=O.CCCC12CCC(OCOC)(CC1)CC2(F)F.CCCC12CCC(OCOC)(CC1)CC2=O.Cl.ClCCl. The van der Waals surface area contributed by atoms with Gasteiger partial charge in [0.05, 0.1) is 33.3 Å². The fourth-order valence-electron chi connectivity index (χ4n) is 16.0. The summed E-state index contributed by atoms with van der Waals surface area (Å²) in [6, 6.07) is 0. The minimum Gasteiger partial charge on any atom is -0.390 e. The van der Waals surface area contributed by atoms with Crippen molar-refractivity contribution in [1.82, 2.24) is 0 Å². The van der Waals surface area contributed by atoms with Crippen LogP contribution < -0.4 is 0 Å². The molecule has 0 aromatic carbocycles. The van der Waals surface area contributed by atoms with Crippen LogP contribution in [0.3, 0.4) is 0 Å². The number of halogens is 8. The van der Waals surface area contributed by atoms with Crippen LogP contribution in [0.4, 0.5) is 22.0 Å². The molecule has 15 aliphatic rings. The molecule has 0 aromatic rings. The average Bonchev–Trinajstić information content (AvgIpc) is 3.36. The van der Waals surface area contributed by atoms with Gasteiger partial charge < -0.3 is 34.3 Å². The fraction of sp³-hybridized carbons (Fsp3) is 0.933. The molecule has 15 aliphatic carbocycles. The maximum atomic E-state index is 14.3. The number of alkyl halides is 6. The quantitative estimate of drug-likeness (QED) is 0.0785. The predicted octanol–water partition coefficient (Wildman–Crippen LogP) is 16.4. The maximum absolute atomic E-state index is 14.3. The summed E-state index contributed by atoms with van der Waals surface area (Å²) in [5.74, 6) is -4.51. The minimum absolute atomic E-state index is 0. The number of aliphatic hydroxyl groups is 3. The molecule has 0 atom stereocenters. The maximum Gasteiger partial charge on any atom is 0.256 e. The van der Waals surface area contributed by atoms with Gasteiger partial charge in [0.1, 0.15) is 31.0 Å². The molecule has 13 fully saturated rings. The Hall–Kier alpha value is -0.680. The average molecular weight is 1170 g/mol. The second-order valence-corrected chi connectivity index (χ2v) is 26.5. The van der Waals surface area contributed by atoms with E-state index in [1.807, 2.05) is 13.8 Å². The van der Waals surface area contributed by atoms with Crippen molar-refractivity contribution in [2.75, 3.05) is 33.1 Å². The van der Waals surface area contributed by atoms with E-state index >= 15 is 0 Å². The van der Waals surface area contributed by atoms with E-state index < -0.39 is 45.1 Å². The lowest BCUT2D eigenvalue weighted by molar-refractivity contribution is -0.274. The smallest absolute Gasteiger partial charge is 0.256 e. The largest absolute Gasteiger partial charge is 0.390 e. The molecule has 9 nitrogen and oxygen atoms in total. The molecule has 13 saturated carbocycles. The molecule has 0 spiro atoms. The summed E-state index contributed by atoms with van der Waals surface area (Å²) in [6.07, 6.45) is 26.9. The van der Waals surface area contributed by atoms with Gasteiger partial charge in [-0.1, -0.05) is 66.7 Å². The molecule has 77 heavy (non-hydrogen) atoms. The van der Waals surface area contributed by atoms with Gasteiger partial charge in [-0.2, -0.15) is 0 Å². The van der Waals surface area contributed by atoms with Crippen LogP contribution in [0.15, 0.2) is 11.9 Å². The van der Waals surface area contributed by atoms with E-state index in [2.05, 4.69) is 20.8 Å². The van der Waals surface area contributed by atoms with Crippen molar-refractivity contribution in [3.8, 4) is 0 Å². The molecule has 450 valence electrons. The molecule has 0 unspecified atom stereocenters. The zero-order valence-corrected chi connectivity index (χ0v) is 50.4. The third-order valence-electron chi connectivity index (χ3n) is 20.9. The minimum atomic E-state index is -2.64. The first-order valence-corrected chi connectivity index (χ1v) is 30.5. The van der Waals surface area contributed by atoms with Gasteiger partial charge in [0.25, 0.3) is 11.8 Å². The van der Waals surface area contributed by atoms with Crippen molar-refractivity contribution in [2.24, 2.45) is 27.1 Å². The second-order valence-electron chi connectivity index (χ2n) is 25.7. The summed E-state index contributed by atoms with van der Waals surface area (Å²) >= 11 is 9.53. The number of carbonyl (C=O) groups is 2. The third kappa shape index (κ3) is 15.4. The first-order chi connectivity index (χ1) is 35.7. The van der Waals surface area contributed by atoms with E-state index in [4.69, 9.17) is 42.1 Å². The molecule has 0 radical (unpaired) electrons. The highest BCUT2D eigenvalue weighted by molar-refractivity contribution is 6.40.